The lowest BCUT2D eigenvalue weighted by molar-refractivity contribution is 0.0895. The Bertz CT molecular complexity index is 562. The first kappa shape index (κ1) is 11.4. The largest absolute Gasteiger partial charge is 0.388 e. The molecule has 0 amide bonds. The standard InChI is InChI=1S/C11H12N4O2/c1-7-3-4-12-11(14-7)8-5-13-15(2)10(8)9(17)6-16/h3-5,16H,6H2,1-2H3. The third-order valence-electron chi connectivity index (χ3n) is 2.38. The van der Waals surface area contributed by atoms with Crippen LogP contribution in [0.2, 0.25) is 0 Å². The van der Waals surface area contributed by atoms with Crippen molar-refractivity contribution in [3.8, 4) is 11.4 Å². The minimum Gasteiger partial charge on any atom is -0.388 e. The number of aliphatic hydroxyl groups excluding tert-OH is 1. The topological polar surface area (TPSA) is 80.9 Å². The summed E-state index contributed by atoms with van der Waals surface area (Å²) in [5.41, 5.74) is 1.66. The van der Waals surface area contributed by atoms with Crippen LogP contribution in [0.3, 0.4) is 0 Å². The van der Waals surface area contributed by atoms with Crippen LogP contribution in [0.5, 0.6) is 0 Å². The molecule has 0 bridgehead atoms. The SMILES string of the molecule is Cc1ccnc(-c2cnn(C)c2C(=O)CO)n1. The third-order valence-corrected chi connectivity index (χ3v) is 2.38. The number of hydrogen-bond donors (Lipinski definition) is 1. The first-order valence-corrected chi connectivity index (χ1v) is 5.09. The van der Waals surface area contributed by atoms with Gasteiger partial charge in [0, 0.05) is 18.9 Å². The fourth-order valence-corrected chi connectivity index (χ4v) is 1.59. The zero-order valence-corrected chi connectivity index (χ0v) is 9.58. The Hall–Kier alpha value is -2.08. The maximum Gasteiger partial charge on any atom is 0.206 e. The van der Waals surface area contributed by atoms with E-state index in [-0.39, 0.29) is 0 Å². The van der Waals surface area contributed by atoms with Gasteiger partial charge in [-0.25, -0.2) is 9.97 Å². The van der Waals surface area contributed by atoms with Crippen molar-refractivity contribution in [1.29, 1.82) is 0 Å². The number of hydrogen-bond acceptors (Lipinski definition) is 5. The maximum absolute atomic E-state index is 11.6. The summed E-state index contributed by atoms with van der Waals surface area (Å²) in [6, 6.07) is 1.77. The smallest absolute Gasteiger partial charge is 0.206 e. The van der Waals surface area contributed by atoms with E-state index in [0.717, 1.165) is 5.69 Å². The number of carbonyl (C=O) groups excluding carboxylic acids is 1. The molecule has 0 atom stereocenters. The van der Waals surface area contributed by atoms with Gasteiger partial charge in [-0.2, -0.15) is 5.10 Å². The molecule has 0 radical (unpaired) electrons. The van der Waals surface area contributed by atoms with Gasteiger partial charge in [-0.15, -0.1) is 0 Å². The number of Topliss-reactive ketones (excluding diaryl/α,β-unsaturated/α-hetero) is 1. The second-order valence-electron chi connectivity index (χ2n) is 3.63. The molecular formula is C11H12N4O2. The Morgan fingerprint density at radius 2 is 2.29 bits per heavy atom. The molecule has 17 heavy (non-hydrogen) atoms. The van der Waals surface area contributed by atoms with E-state index in [2.05, 4.69) is 15.1 Å². The molecule has 0 fully saturated rings. The van der Waals surface area contributed by atoms with E-state index in [1.54, 1.807) is 19.3 Å². The molecule has 2 aromatic heterocycles. The molecule has 0 saturated heterocycles. The third kappa shape index (κ3) is 2.07. The van der Waals surface area contributed by atoms with Gasteiger partial charge in [-0.3, -0.25) is 9.48 Å². The zero-order valence-electron chi connectivity index (χ0n) is 9.58. The van der Waals surface area contributed by atoms with Crippen molar-refractivity contribution in [3.05, 3.63) is 29.8 Å². The van der Waals surface area contributed by atoms with Gasteiger partial charge < -0.3 is 5.11 Å². The molecule has 2 aromatic rings. The van der Waals surface area contributed by atoms with E-state index in [4.69, 9.17) is 5.11 Å². The van der Waals surface area contributed by atoms with E-state index in [0.29, 0.717) is 17.1 Å². The molecule has 0 spiro atoms. The number of rotatable bonds is 3. The highest BCUT2D eigenvalue weighted by Gasteiger charge is 2.18. The van der Waals surface area contributed by atoms with Gasteiger partial charge in [0.2, 0.25) is 5.78 Å². The summed E-state index contributed by atoms with van der Waals surface area (Å²) in [4.78, 5) is 19.9. The van der Waals surface area contributed by atoms with Crippen LogP contribution < -0.4 is 0 Å². The number of carbonyl (C=O) groups is 1. The summed E-state index contributed by atoms with van der Waals surface area (Å²) >= 11 is 0. The predicted octanol–water partition coefficient (Wildman–Crippen LogP) is 0.361. The van der Waals surface area contributed by atoms with Crippen LogP contribution in [0.25, 0.3) is 11.4 Å². The van der Waals surface area contributed by atoms with Crippen LogP contribution in [0.15, 0.2) is 18.5 Å². The van der Waals surface area contributed by atoms with Gasteiger partial charge in [-0.1, -0.05) is 0 Å². The summed E-state index contributed by atoms with van der Waals surface area (Å²) in [7, 11) is 1.64. The van der Waals surface area contributed by atoms with Crippen molar-refractivity contribution < 1.29 is 9.90 Å². The molecule has 0 aliphatic rings. The van der Waals surface area contributed by atoms with Gasteiger partial charge >= 0.3 is 0 Å². The lowest BCUT2D eigenvalue weighted by Crippen LogP contribution is -2.12. The molecule has 0 aliphatic heterocycles. The molecule has 2 heterocycles. The fourth-order valence-electron chi connectivity index (χ4n) is 1.59. The van der Waals surface area contributed by atoms with Gasteiger partial charge in [0.25, 0.3) is 0 Å². The molecule has 0 aromatic carbocycles. The Labute approximate surface area is 98.0 Å². The average molecular weight is 232 g/mol. The van der Waals surface area contributed by atoms with E-state index in [9.17, 15) is 4.79 Å². The van der Waals surface area contributed by atoms with Crippen LogP contribution in [0.1, 0.15) is 16.2 Å². The van der Waals surface area contributed by atoms with Crippen molar-refractivity contribution in [2.24, 2.45) is 7.05 Å². The van der Waals surface area contributed by atoms with Crippen molar-refractivity contribution >= 4 is 5.78 Å². The highest BCUT2D eigenvalue weighted by molar-refractivity contribution is 6.00. The van der Waals surface area contributed by atoms with Crippen molar-refractivity contribution in [2.75, 3.05) is 6.61 Å². The summed E-state index contributed by atoms with van der Waals surface area (Å²) in [6.07, 6.45) is 3.15. The van der Waals surface area contributed by atoms with Crippen molar-refractivity contribution in [3.63, 3.8) is 0 Å². The van der Waals surface area contributed by atoms with Gasteiger partial charge in [0.1, 0.15) is 12.3 Å². The monoisotopic (exact) mass is 232 g/mol. The molecule has 88 valence electrons. The lowest BCUT2D eigenvalue weighted by Gasteiger charge is -2.03. The van der Waals surface area contributed by atoms with Gasteiger partial charge in [0.05, 0.1) is 11.8 Å². The van der Waals surface area contributed by atoms with Crippen LogP contribution in [-0.2, 0) is 7.05 Å². The molecule has 6 nitrogen and oxygen atoms in total. The summed E-state index contributed by atoms with van der Waals surface area (Å²) in [5.74, 6) is 0.0417. The highest BCUT2D eigenvalue weighted by Crippen LogP contribution is 2.19. The maximum atomic E-state index is 11.6. The second kappa shape index (κ2) is 4.42. The quantitative estimate of drug-likeness (QED) is 0.773. The molecule has 0 saturated carbocycles. The normalized spacial score (nSPS) is 10.5. The van der Waals surface area contributed by atoms with Gasteiger partial charge in [-0.05, 0) is 13.0 Å². The molecule has 6 heteroatoms. The minimum absolute atomic E-state index is 0.318. The Balaban J connectivity index is 2.57. The first-order chi connectivity index (χ1) is 8.13. The fraction of sp³-hybridized carbons (Fsp3) is 0.273. The summed E-state index contributed by atoms with van der Waals surface area (Å²) in [6.45, 7) is 1.29. The molecule has 0 aliphatic carbocycles. The van der Waals surface area contributed by atoms with E-state index in [1.165, 1.54) is 10.9 Å². The van der Waals surface area contributed by atoms with E-state index in [1.807, 2.05) is 6.92 Å². The highest BCUT2D eigenvalue weighted by atomic mass is 16.3. The van der Waals surface area contributed by atoms with Crippen LogP contribution in [0, 0.1) is 6.92 Å². The Morgan fingerprint density at radius 3 is 2.94 bits per heavy atom. The van der Waals surface area contributed by atoms with Crippen LogP contribution >= 0.6 is 0 Å². The number of aromatic nitrogens is 4. The molecule has 0 unspecified atom stereocenters. The summed E-state index contributed by atoms with van der Waals surface area (Å²) < 4.78 is 1.42. The van der Waals surface area contributed by atoms with Crippen LogP contribution in [0.4, 0.5) is 0 Å². The van der Waals surface area contributed by atoms with Gasteiger partial charge in [0.15, 0.2) is 5.82 Å². The predicted molar refractivity (Wildman–Crippen MR) is 60.4 cm³/mol. The first-order valence-electron chi connectivity index (χ1n) is 5.09. The molecule has 1 N–H and O–H groups in total. The second-order valence-corrected chi connectivity index (χ2v) is 3.63. The zero-order chi connectivity index (χ0) is 12.4. The minimum atomic E-state index is -0.557. The number of aryl methyl sites for hydroxylation is 2. The van der Waals surface area contributed by atoms with Crippen molar-refractivity contribution in [1.82, 2.24) is 19.7 Å². The van der Waals surface area contributed by atoms with Crippen LogP contribution in [-0.4, -0.2) is 37.2 Å². The Kier molecular flexibility index (Phi) is 2.97. The molecular weight excluding hydrogens is 220 g/mol. The summed E-state index contributed by atoms with van der Waals surface area (Å²) in [5, 5.41) is 12.9. The van der Waals surface area contributed by atoms with E-state index < -0.39 is 12.4 Å². The average Bonchev–Trinajstić information content (AvgIpc) is 2.70. The van der Waals surface area contributed by atoms with E-state index >= 15 is 0 Å². The number of nitrogens with zero attached hydrogens (tertiary/aromatic N) is 4. The lowest BCUT2D eigenvalue weighted by atomic mass is 10.1. The van der Waals surface area contributed by atoms with Crippen molar-refractivity contribution in [2.45, 2.75) is 6.92 Å². The Morgan fingerprint density at radius 1 is 1.53 bits per heavy atom. The number of aliphatic hydroxyl groups is 1. The molecule has 2 rings (SSSR count). The number of ketones is 1.